The molecule has 6 heteroatoms. The molecule has 0 spiro atoms. The lowest BCUT2D eigenvalue weighted by atomic mass is 9.88. The zero-order valence-corrected chi connectivity index (χ0v) is 16.6. The summed E-state index contributed by atoms with van der Waals surface area (Å²) in [7, 11) is 2.29. The number of likely N-dealkylation sites (tertiary alicyclic amines) is 2. The van der Waals surface area contributed by atoms with E-state index in [1.54, 1.807) is 6.20 Å². The first kappa shape index (κ1) is 18.4. The molecule has 0 unspecified atom stereocenters. The first-order chi connectivity index (χ1) is 12.7. The third-order valence-corrected chi connectivity index (χ3v) is 6.27. The van der Waals surface area contributed by atoms with Crippen LogP contribution in [0.15, 0.2) is 42.6 Å². The largest absolute Gasteiger partial charge is 0.299 e. The van der Waals surface area contributed by atoms with Crippen LogP contribution in [-0.2, 0) is 6.54 Å². The maximum absolute atomic E-state index is 4.35. The lowest BCUT2D eigenvalue weighted by Crippen LogP contribution is -2.29. The van der Waals surface area contributed by atoms with E-state index in [0.29, 0.717) is 12.0 Å². The molecule has 0 bridgehead atoms. The van der Waals surface area contributed by atoms with Gasteiger partial charge in [0.2, 0.25) is 0 Å². The molecule has 27 heavy (non-hydrogen) atoms. The summed E-state index contributed by atoms with van der Waals surface area (Å²) >= 11 is 0. The minimum absolute atomic E-state index is 0. The number of fused-ring (bicyclic) bond motifs is 2. The van der Waals surface area contributed by atoms with Gasteiger partial charge in [-0.05, 0) is 49.1 Å². The van der Waals surface area contributed by atoms with Gasteiger partial charge in [-0.2, -0.15) is 5.10 Å². The minimum atomic E-state index is 0. The van der Waals surface area contributed by atoms with Crippen LogP contribution in [0.25, 0.3) is 11.0 Å². The predicted molar refractivity (Wildman–Crippen MR) is 110 cm³/mol. The molecule has 0 aliphatic carbocycles. The van der Waals surface area contributed by atoms with E-state index < -0.39 is 0 Å². The Labute approximate surface area is 166 Å². The minimum Gasteiger partial charge on any atom is -0.299 e. The van der Waals surface area contributed by atoms with Crippen LogP contribution in [0.5, 0.6) is 0 Å². The zero-order chi connectivity index (χ0) is 17.7. The maximum atomic E-state index is 4.35. The number of hydrogen-bond acceptors (Lipinski definition) is 4. The smallest absolute Gasteiger partial charge is 0.181 e. The fourth-order valence-corrected chi connectivity index (χ4v) is 5.11. The van der Waals surface area contributed by atoms with Crippen LogP contribution in [0.1, 0.15) is 22.9 Å². The summed E-state index contributed by atoms with van der Waals surface area (Å²) in [6.45, 7) is 6.67. The van der Waals surface area contributed by atoms with Crippen molar-refractivity contribution in [2.45, 2.75) is 19.5 Å². The number of aromatic amines is 1. The monoisotopic (exact) mass is 383 g/mol. The average molecular weight is 384 g/mol. The fraction of sp³-hybridized carbons (Fsp3) is 0.429. The van der Waals surface area contributed by atoms with Gasteiger partial charge in [0.05, 0.1) is 5.69 Å². The highest BCUT2D eigenvalue weighted by Gasteiger charge is 2.46. The van der Waals surface area contributed by atoms with Gasteiger partial charge in [-0.15, -0.1) is 12.4 Å². The summed E-state index contributed by atoms with van der Waals surface area (Å²) in [6.07, 6.45) is 1.80. The molecule has 2 fully saturated rings. The van der Waals surface area contributed by atoms with E-state index in [4.69, 9.17) is 0 Å². The Morgan fingerprint density at radius 3 is 2.81 bits per heavy atom. The van der Waals surface area contributed by atoms with Crippen LogP contribution < -0.4 is 0 Å². The van der Waals surface area contributed by atoms with Gasteiger partial charge in [0, 0.05) is 43.8 Å². The molecule has 2 aliphatic heterocycles. The quantitative estimate of drug-likeness (QED) is 0.752. The molecule has 4 heterocycles. The van der Waals surface area contributed by atoms with E-state index in [2.05, 4.69) is 69.3 Å². The molecule has 0 saturated carbocycles. The van der Waals surface area contributed by atoms with Crippen molar-refractivity contribution in [1.29, 1.82) is 0 Å². The van der Waals surface area contributed by atoms with Crippen molar-refractivity contribution in [3.63, 3.8) is 0 Å². The summed E-state index contributed by atoms with van der Waals surface area (Å²) in [4.78, 5) is 9.49. The highest BCUT2D eigenvalue weighted by atomic mass is 35.5. The fourth-order valence-electron chi connectivity index (χ4n) is 5.11. The highest BCUT2D eigenvalue weighted by molar-refractivity contribution is 5.85. The van der Waals surface area contributed by atoms with Crippen LogP contribution in [0.3, 0.4) is 0 Å². The molecule has 2 saturated heterocycles. The number of aromatic nitrogens is 3. The Morgan fingerprint density at radius 2 is 1.96 bits per heavy atom. The summed E-state index contributed by atoms with van der Waals surface area (Å²) in [5.74, 6) is 1.45. The first-order valence-electron chi connectivity index (χ1n) is 9.47. The Kier molecular flexibility index (Phi) is 4.93. The summed E-state index contributed by atoms with van der Waals surface area (Å²) in [6, 6.07) is 13.5. The number of hydrogen-bond donors (Lipinski definition) is 1. The van der Waals surface area contributed by atoms with Crippen molar-refractivity contribution < 1.29 is 0 Å². The van der Waals surface area contributed by atoms with Gasteiger partial charge < -0.3 is 0 Å². The summed E-state index contributed by atoms with van der Waals surface area (Å²) in [5.41, 5.74) is 4.92. The van der Waals surface area contributed by atoms with E-state index >= 15 is 0 Å². The summed E-state index contributed by atoms with van der Waals surface area (Å²) < 4.78 is 0. The number of benzene rings is 1. The van der Waals surface area contributed by atoms with Gasteiger partial charge in [0.15, 0.2) is 5.65 Å². The van der Waals surface area contributed by atoms with Gasteiger partial charge in [0.25, 0.3) is 0 Å². The van der Waals surface area contributed by atoms with E-state index in [1.807, 2.05) is 6.07 Å². The van der Waals surface area contributed by atoms with Crippen molar-refractivity contribution in [2.24, 2.45) is 11.8 Å². The molecular weight excluding hydrogens is 358 g/mol. The van der Waals surface area contributed by atoms with Crippen LogP contribution >= 0.6 is 12.4 Å². The normalized spacial score (nSPS) is 25.6. The van der Waals surface area contributed by atoms with Crippen molar-refractivity contribution in [1.82, 2.24) is 25.0 Å². The van der Waals surface area contributed by atoms with Gasteiger partial charge in [-0.25, -0.2) is 4.98 Å². The standard InChI is InChI=1S/C21H25N5.ClH/c1-14-6-3-4-7-16(14)20-18-12-26(11-15(18)10-25(20)2)13-19-17-8-5-9-22-21(17)24-23-19;/h3-9,15,18,20H,10-13H2,1-2H3,(H,22,23,24);1H/t15-,18+,20+;/m0./s1. The van der Waals surface area contributed by atoms with E-state index in [-0.39, 0.29) is 12.4 Å². The van der Waals surface area contributed by atoms with E-state index in [1.165, 1.54) is 23.4 Å². The Bertz CT molecular complexity index is 939. The predicted octanol–water partition coefficient (Wildman–Crippen LogP) is 3.42. The van der Waals surface area contributed by atoms with Gasteiger partial charge in [-0.3, -0.25) is 14.9 Å². The van der Waals surface area contributed by atoms with Gasteiger partial charge in [-0.1, -0.05) is 24.3 Å². The number of nitrogens with one attached hydrogen (secondary N) is 1. The lowest BCUT2D eigenvalue weighted by Gasteiger charge is -2.28. The molecule has 142 valence electrons. The second kappa shape index (κ2) is 7.23. The third-order valence-electron chi connectivity index (χ3n) is 6.27. The highest BCUT2D eigenvalue weighted by Crippen LogP contribution is 2.45. The molecule has 2 aromatic heterocycles. The molecule has 1 aromatic carbocycles. The molecule has 1 N–H and O–H groups in total. The number of aryl methyl sites for hydroxylation is 1. The Morgan fingerprint density at radius 1 is 1.11 bits per heavy atom. The van der Waals surface area contributed by atoms with Gasteiger partial charge in [0.1, 0.15) is 0 Å². The summed E-state index contributed by atoms with van der Waals surface area (Å²) in [5, 5.41) is 8.70. The van der Waals surface area contributed by atoms with Crippen LogP contribution in [0.2, 0.25) is 0 Å². The number of halogens is 1. The SMILES string of the molecule is Cc1ccccc1[C@@H]1[C@@H]2CN(Cc3[nH]nc4ncccc34)C[C@@H]2CN1C.Cl. The molecular formula is C21H26ClN5. The third kappa shape index (κ3) is 3.14. The van der Waals surface area contributed by atoms with Gasteiger partial charge >= 0.3 is 0 Å². The first-order valence-corrected chi connectivity index (χ1v) is 9.47. The Balaban J connectivity index is 0.00000180. The number of H-pyrrole nitrogens is 1. The van der Waals surface area contributed by atoms with Crippen LogP contribution in [-0.4, -0.2) is 51.7 Å². The average Bonchev–Trinajstić information content (AvgIpc) is 3.29. The maximum Gasteiger partial charge on any atom is 0.181 e. The van der Waals surface area contributed by atoms with Crippen molar-refractivity contribution in [3.8, 4) is 0 Å². The second-order valence-corrected chi connectivity index (χ2v) is 7.94. The Hall–Kier alpha value is -1.95. The molecule has 2 aliphatic rings. The molecule has 0 radical (unpaired) electrons. The van der Waals surface area contributed by atoms with E-state index in [9.17, 15) is 0 Å². The van der Waals surface area contributed by atoms with Crippen LogP contribution in [0.4, 0.5) is 0 Å². The number of rotatable bonds is 3. The lowest BCUT2D eigenvalue weighted by molar-refractivity contribution is 0.223. The number of pyridine rings is 1. The molecule has 5 rings (SSSR count). The molecule has 0 amide bonds. The zero-order valence-electron chi connectivity index (χ0n) is 15.8. The van der Waals surface area contributed by atoms with E-state index in [0.717, 1.165) is 36.6 Å². The number of nitrogens with zero attached hydrogens (tertiary/aromatic N) is 4. The van der Waals surface area contributed by atoms with Crippen molar-refractivity contribution >= 4 is 23.4 Å². The topological polar surface area (TPSA) is 48.1 Å². The molecule has 3 aromatic rings. The molecule has 5 nitrogen and oxygen atoms in total. The van der Waals surface area contributed by atoms with Crippen LogP contribution in [0, 0.1) is 18.8 Å². The van der Waals surface area contributed by atoms with Crippen molar-refractivity contribution in [3.05, 3.63) is 59.4 Å². The second-order valence-electron chi connectivity index (χ2n) is 7.94. The van der Waals surface area contributed by atoms with Crippen molar-refractivity contribution in [2.75, 3.05) is 26.7 Å². The molecule has 3 atom stereocenters.